The quantitative estimate of drug-likeness (QED) is 0.0261. The summed E-state index contributed by atoms with van der Waals surface area (Å²) in [5, 5.41) is 54.5. The molecule has 1 rings (SSSR count). The Morgan fingerprint density at radius 2 is 0.845 bits per heavy atom. The van der Waals surface area contributed by atoms with E-state index in [0.717, 1.165) is 57.8 Å². The van der Waals surface area contributed by atoms with Crippen molar-refractivity contribution in [2.75, 3.05) is 13.2 Å². The molecule has 0 radical (unpaired) electrons. The maximum absolute atomic E-state index is 13.1. The summed E-state index contributed by atoms with van der Waals surface area (Å²) < 4.78 is 11.3. The van der Waals surface area contributed by atoms with Crippen LogP contribution in [0.2, 0.25) is 0 Å². The van der Waals surface area contributed by atoms with E-state index in [2.05, 4.69) is 55.6 Å². The number of allylic oxidation sites excluding steroid dienone is 7. The van der Waals surface area contributed by atoms with E-state index in [0.29, 0.717) is 6.42 Å². The Hall–Kier alpha value is -1.85. The molecule has 0 spiro atoms. The minimum Gasteiger partial charge on any atom is -0.394 e. The van der Waals surface area contributed by atoms with Crippen LogP contribution in [-0.2, 0) is 14.3 Å². The molecule has 6 N–H and O–H groups in total. The standard InChI is InChI=1S/C62H115NO8/c1-3-5-7-9-11-13-15-17-19-21-23-25-27-28-30-31-33-35-37-39-41-43-45-47-49-51-56(65)55(54-70-62-61(69)60(68)59(67)57(53-64)71-62)63-58(66)52-50-48-46-44-42-40-38-36-34-32-29-26-24-22-20-18-16-14-12-10-8-6-4-2/h24,26,32,34,41,43,49,51,55-57,59-62,64-65,67-69H,3-23,25,27-31,33,35-40,42,44-48,50,52-54H2,1-2H3,(H,63,66)/b26-24-,34-32-,43-41+,51-49+. The molecule has 1 heterocycles. The largest absolute Gasteiger partial charge is 0.394 e. The van der Waals surface area contributed by atoms with Crippen molar-refractivity contribution in [3.05, 3.63) is 48.6 Å². The zero-order chi connectivity index (χ0) is 51.5. The van der Waals surface area contributed by atoms with Crippen molar-refractivity contribution in [1.29, 1.82) is 0 Å². The van der Waals surface area contributed by atoms with E-state index in [4.69, 9.17) is 9.47 Å². The normalized spacial score (nSPS) is 19.6. The second-order valence-corrected chi connectivity index (χ2v) is 21.1. The maximum Gasteiger partial charge on any atom is 0.220 e. The van der Waals surface area contributed by atoms with E-state index in [1.807, 2.05) is 6.08 Å². The monoisotopic (exact) mass is 1000 g/mol. The molecule has 0 aromatic heterocycles. The van der Waals surface area contributed by atoms with Crippen LogP contribution in [0.4, 0.5) is 0 Å². The summed E-state index contributed by atoms with van der Waals surface area (Å²) in [4.78, 5) is 13.1. The molecule has 71 heavy (non-hydrogen) atoms. The Labute approximate surface area is 437 Å². The Morgan fingerprint density at radius 3 is 1.27 bits per heavy atom. The molecule has 0 saturated carbocycles. The highest BCUT2D eigenvalue weighted by atomic mass is 16.7. The Bertz CT molecular complexity index is 1250. The van der Waals surface area contributed by atoms with Crippen molar-refractivity contribution in [3.8, 4) is 0 Å². The molecule has 0 bridgehead atoms. The molecule has 0 aliphatic carbocycles. The van der Waals surface area contributed by atoms with Crippen LogP contribution >= 0.6 is 0 Å². The highest BCUT2D eigenvalue weighted by Crippen LogP contribution is 2.23. The van der Waals surface area contributed by atoms with Gasteiger partial charge in [-0.05, 0) is 64.2 Å². The average Bonchev–Trinajstić information content (AvgIpc) is 3.37. The van der Waals surface area contributed by atoms with Crippen molar-refractivity contribution in [3.63, 3.8) is 0 Å². The number of amides is 1. The molecule has 416 valence electrons. The van der Waals surface area contributed by atoms with E-state index >= 15 is 0 Å². The SMILES string of the molecule is CCCCCCCCCCC/C=C\C/C=C\CCCCCCCCCC(=O)NC(COC1OC(CO)C(O)C(O)C1O)C(O)/C=C/CC/C=C/CCCCCCCCCCCCCCCCCCCCC. The van der Waals surface area contributed by atoms with Crippen LogP contribution in [0.3, 0.4) is 0 Å². The van der Waals surface area contributed by atoms with E-state index in [-0.39, 0.29) is 12.5 Å². The number of carbonyl (C=O) groups is 1. The van der Waals surface area contributed by atoms with Crippen molar-refractivity contribution < 1.29 is 39.8 Å². The summed E-state index contributed by atoms with van der Waals surface area (Å²) in [7, 11) is 0. The Morgan fingerprint density at radius 1 is 0.479 bits per heavy atom. The van der Waals surface area contributed by atoms with Crippen LogP contribution in [0, 0.1) is 0 Å². The molecular weight excluding hydrogens is 887 g/mol. The van der Waals surface area contributed by atoms with E-state index in [1.165, 1.54) is 205 Å². The van der Waals surface area contributed by atoms with Gasteiger partial charge in [-0.2, -0.15) is 0 Å². The fourth-order valence-corrected chi connectivity index (χ4v) is 9.56. The lowest BCUT2D eigenvalue weighted by atomic mass is 9.99. The molecule has 0 aromatic rings. The fraction of sp³-hybridized carbons (Fsp3) is 0.855. The van der Waals surface area contributed by atoms with Crippen LogP contribution in [0.15, 0.2) is 48.6 Å². The highest BCUT2D eigenvalue weighted by Gasteiger charge is 2.44. The average molecular weight is 1000 g/mol. The first kappa shape index (κ1) is 67.2. The van der Waals surface area contributed by atoms with Crippen LogP contribution in [-0.4, -0.2) is 87.5 Å². The third-order valence-electron chi connectivity index (χ3n) is 14.4. The van der Waals surface area contributed by atoms with Gasteiger partial charge in [-0.25, -0.2) is 0 Å². The number of carbonyl (C=O) groups excluding carboxylic acids is 1. The van der Waals surface area contributed by atoms with Crippen molar-refractivity contribution in [1.82, 2.24) is 5.32 Å². The number of aliphatic hydroxyl groups is 5. The van der Waals surface area contributed by atoms with Crippen molar-refractivity contribution >= 4 is 5.91 Å². The summed E-state index contributed by atoms with van der Waals surface area (Å²) in [5.41, 5.74) is 0. The minimum absolute atomic E-state index is 0.192. The molecule has 9 nitrogen and oxygen atoms in total. The lowest BCUT2D eigenvalue weighted by Gasteiger charge is -2.40. The Balaban J connectivity index is 2.24. The molecule has 7 unspecified atom stereocenters. The molecule has 1 aliphatic rings. The van der Waals surface area contributed by atoms with Gasteiger partial charge in [-0.1, -0.05) is 262 Å². The number of ether oxygens (including phenoxy) is 2. The summed E-state index contributed by atoms with van der Waals surface area (Å²) in [6, 6.07) is -0.828. The van der Waals surface area contributed by atoms with E-state index in [1.54, 1.807) is 6.08 Å². The first-order valence-electron chi connectivity index (χ1n) is 30.4. The third-order valence-corrected chi connectivity index (χ3v) is 14.4. The molecule has 1 amide bonds. The first-order valence-corrected chi connectivity index (χ1v) is 30.4. The molecule has 7 atom stereocenters. The zero-order valence-electron chi connectivity index (χ0n) is 46.2. The van der Waals surface area contributed by atoms with Crippen LogP contribution in [0.5, 0.6) is 0 Å². The van der Waals surface area contributed by atoms with Gasteiger partial charge in [0, 0.05) is 6.42 Å². The van der Waals surface area contributed by atoms with Crippen LogP contribution < -0.4 is 5.32 Å². The summed E-state index contributed by atoms with van der Waals surface area (Å²) in [6.45, 7) is 3.79. The molecular formula is C62H115NO8. The summed E-state index contributed by atoms with van der Waals surface area (Å²) >= 11 is 0. The predicted octanol–water partition coefficient (Wildman–Crippen LogP) is 15.3. The second-order valence-electron chi connectivity index (χ2n) is 21.1. The predicted molar refractivity (Wildman–Crippen MR) is 299 cm³/mol. The number of aliphatic hydroxyl groups excluding tert-OH is 5. The van der Waals surface area contributed by atoms with Crippen molar-refractivity contribution in [2.45, 2.75) is 326 Å². The van der Waals surface area contributed by atoms with Gasteiger partial charge in [0.25, 0.3) is 0 Å². The number of nitrogens with one attached hydrogen (secondary N) is 1. The number of hydrogen-bond acceptors (Lipinski definition) is 8. The zero-order valence-corrected chi connectivity index (χ0v) is 46.2. The highest BCUT2D eigenvalue weighted by molar-refractivity contribution is 5.76. The molecule has 0 aromatic carbocycles. The number of hydrogen-bond donors (Lipinski definition) is 6. The van der Waals surface area contributed by atoms with Crippen molar-refractivity contribution in [2.24, 2.45) is 0 Å². The van der Waals surface area contributed by atoms with Gasteiger partial charge in [0.05, 0.1) is 25.4 Å². The van der Waals surface area contributed by atoms with Crippen LogP contribution in [0.25, 0.3) is 0 Å². The second kappa shape index (κ2) is 51.6. The minimum atomic E-state index is -1.58. The van der Waals surface area contributed by atoms with Gasteiger partial charge in [-0.15, -0.1) is 0 Å². The van der Waals surface area contributed by atoms with Gasteiger partial charge >= 0.3 is 0 Å². The summed E-state index contributed by atoms with van der Waals surface area (Å²) in [5.74, 6) is -0.192. The third kappa shape index (κ3) is 41.1. The molecule has 1 fully saturated rings. The topological polar surface area (TPSA) is 149 Å². The molecule has 1 saturated heterocycles. The maximum atomic E-state index is 13.1. The molecule has 9 heteroatoms. The van der Waals surface area contributed by atoms with Crippen LogP contribution in [0.1, 0.15) is 284 Å². The molecule has 1 aliphatic heterocycles. The fourth-order valence-electron chi connectivity index (χ4n) is 9.56. The number of rotatable bonds is 52. The Kier molecular flexibility index (Phi) is 48.8. The van der Waals surface area contributed by atoms with Gasteiger partial charge in [-0.3, -0.25) is 4.79 Å². The van der Waals surface area contributed by atoms with Gasteiger partial charge in [0.15, 0.2) is 6.29 Å². The first-order chi connectivity index (χ1) is 34.8. The van der Waals surface area contributed by atoms with E-state index < -0.39 is 49.5 Å². The lowest BCUT2D eigenvalue weighted by Crippen LogP contribution is -2.60. The van der Waals surface area contributed by atoms with Gasteiger partial charge < -0.3 is 40.3 Å². The van der Waals surface area contributed by atoms with Gasteiger partial charge in [0.1, 0.15) is 24.4 Å². The number of unbranched alkanes of at least 4 members (excludes halogenated alkanes) is 36. The lowest BCUT2D eigenvalue weighted by molar-refractivity contribution is -0.302. The van der Waals surface area contributed by atoms with E-state index in [9.17, 15) is 30.3 Å². The smallest absolute Gasteiger partial charge is 0.220 e. The van der Waals surface area contributed by atoms with Gasteiger partial charge in [0.2, 0.25) is 5.91 Å². The summed E-state index contributed by atoms with van der Waals surface area (Å²) in [6.07, 6.45) is 61.9.